The molecule has 14 heavy (non-hydrogen) atoms. The highest BCUT2D eigenvalue weighted by Crippen LogP contribution is 2.06. The Hall–Kier alpha value is -1.76. The van der Waals surface area contributed by atoms with Crippen LogP contribution in [0.1, 0.15) is 18.5 Å². The van der Waals surface area contributed by atoms with Gasteiger partial charge in [-0.1, -0.05) is 0 Å². The quantitative estimate of drug-likeness (QED) is 0.553. The molecule has 4 nitrogen and oxygen atoms in total. The van der Waals surface area contributed by atoms with Crippen molar-refractivity contribution < 1.29 is 0 Å². The highest BCUT2D eigenvalue weighted by Gasteiger charge is 1.97. The number of nitrogen functional groups attached to an aromatic ring is 1. The number of hydrogen-bond donors (Lipinski definition) is 2. The van der Waals surface area contributed by atoms with Crippen molar-refractivity contribution in [3.05, 3.63) is 11.8 Å². The smallest absolute Gasteiger partial charge is 0.222 e. The summed E-state index contributed by atoms with van der Waals surface area (Å²) in [4.78, 5) is 8.01. The predicted molar refractivity (Wildman–Crippen MR) is 57.7 cm³/mol. The molecular weight excluding hydrogens is 176 g/mol. The maximum Gasteiger partial charge on any atom is 0.222 e. The highest BCUT2D eigenvalue weighted by atomic mass is 15.1. The van der Waals surface area contributed by atoms with Crippen molar-refractivity contribution in [2.75, 3.05) is 17.6 Å². The number of nitrogens with one attached hydrogen (secondary N) is 1. The molecule has 0 atom stereocenters. The second kappa shape index (κ2) is 5.07. The van der Waals surface area contributed by atoms with E-state index in [9.17, 15) is 0 Å². The molecule has 0 fully saturated rings. The van der Waals surface area contributed by atoms with Crippen LogP contribution in [0.4, 0.5) is 11.8 Å². The van der Waals surface area contributed by atoms with Crippen LogP contribution in [0.3, 0.4) is 0 Å². The average molecular weight is 190 g/mol. The first kappa shape index (κ1) is 10.3. The Bertz CT molecular complexity index is 320. The number of aryl methyl sites for hydroxylation is 1. The molecule has 74 valence electrons. The second-order valence-corrected chi connectivity index (χ2v) is 2.99. The van der Waals surface area contributed by atoms with Crippen LogP contribution in [0.25, 0.3) is 0 Å². The topological polar surface area (TPSA) is 63.8 Å². The van der Waals surface area contributed by atoms with Crippen molar-refractivity contribution in [3.8, 4) is 12.3 Å². The number of aromatic nitrogens is 2. The van der Waals surface area contributed by atoms with Gasteiger partial charge in [0.1, 0.15) is 5.82 Å². The van der Waals surface area contributed by atoms with Crippen molar-refractivity contribution in [1.82, 2.24) is 9.97 Å². The van der Waals surface area contributed by atoms with Crippen molar-refractivity contribution >= 4 is 11.8 Å². The van der Waals surface area contributed by atoms with Gasteiger partial charge in [0.05, 0.1) is 0 Å². The van der Waals surface area contributed by atoms with Crippen LogP contribution in [0.5, 0.6) is 0 Å². The zero-order valence-corrected chi connectivity index (χ0v) is 8.25. The Morgan fingerprint density at radius 1 is 1.57 bits per heavy atom. The van der Waals surface area contributed by atoms with E-state index in [2.05, 4.69) is 21.2 Å². The van der Waals surface area contributed by atoms with Gasteiger partial charge in [-0.25, -0.2) is 4.98 Å². The van der Waals surface area contributed by atoms with Gasteiger partial charge in [0.2, 0.25) is 5.95 Å². The third-order valence-electron chi connectivity index (χ3n) is 1.68. The van der Waals surface area contributed by atoms with Gasteiger partial charge in [0.15, 0.2) is 0 Å². The Labute approximate surface area is 83.9 Å². The van der Waals surface area contributed by atoms with Crippen LogP contribution in [-0.4, -0.2) is 16.5 Å². The Morgan fingerprint density at radius 2 is 2.36 bits per heavy atom. The van der Waals surface area contributed by atoms with Crippen molar-refractivity contribution in [2.24, 2.45) is 0 Å². The van der Waals surface area contributed by atoms with Crippen LogP contribution in [0.15, 0.2) is 6.07 Å². The summed E-state index contributed by atoms with van der Waals surface area (Å²) in [5.41, 5.74) is 6.35. The molecule has 3 N–H and O–H groups in total. The lowest BCUT2D eigenvalue weighted by molar-refractivity contribution is 0.899. The van der Waals surface area contributed by atoms with E-state index in [1.54, 1.807) is 0 Å². The maximum atomic E-state index is 5.50. The van der Waals surface area contributed by atoms with Crippen molar-refractivity contribution in [3.63, 3.8) is 0 Å². The van der Waals surface area contributed by atoms with Crippen molar-refractivity contribution in [1.29, 1.82) is 0 Å². The fourth-order valence-corrected chi connectivity index (χ4v) is 1.09. The zero-order chi connectivity index (χ0) is 10.4. The molecular formula is C10H14N4. The summed E-state index contributed by atoms with van der Waals surface area (Å²) in [6.45, 7) is 2.69. The summed E-state index contributed by atoms with van der Waals surface area (Å²) < 4.78 is 0. The van der Waals surface area contributed by atoms with Gasteiger partial charge in [0, 0.05) is 24.7 Å². The molecule has 0 spiro atoms. The summed E-state index contributed by atoms with van der Waals surface area (Å²) in [6, 6.07) is 1.85. The second-order valence-electron chi connectivity index (χ2n) is 2.99. The Kier molecular flexibility index (Phi) is 3.74. The summed E-state index contributed by atoms with van der Waals surface area (Å²) in [5.74, 6) is 3.63. The number of unbranched alkanes of at least 4 members (excludes halogenated alkanes) is 1. The van der Waals surface area contributed by atoms with Gasteiger partial charge in [-0.05, 0) is 13.3 Å². The molecule has 1 rings (SSSR count). The molecule has 1 heterocycles. The molecule has 1 aromatic heterocycles. The van der Waals surface area contributed by atoms with E-state index in [4.69, 9.17) is 12.2 Å². The molecule has 1 aromatic rings. The molecule has 0 radical (unpaired) electrons. The lowest BCUT2D eigenvalue weighted by Crippen LogP contribution is -2.06. The predicted octanol–water partition coefficient (Wildman–Crippen LogP) is 1.19. The number of hydrogen-bond acceptors (Lipinski definition) is 4. The number of nitrogens with zero attached hydrogens (tertiary/aromatic N) is 2. The highest BCUT2D eigenvalue weighted by molar-refractivity contribution is 5.39. The summed E-state index contributed by atoms with van der Waals surface area (Å²) >= 11 is 0. The standard InChI is InChI=1S/C10H14N4/c1-3-4-5-6-12-9-7-8(2)13-10(11)14-9/h1,7H,4-6H2,2H3,(H3,11,12,13,14). The minimum atomic E-state index is 0.296. The molecule has 0 saturated heterocycles. The number of anilines is 2. The molecule has 0 aromatic carbocycles. The van der Waals surface area contributed by atoms with E-state index in [1.165, 1.54) is 0 Å². The largest absolute Gasteiger partial charge is 0.370 e. The van der Waals surface area contributed by atoms with E-state index in [1.807, 2.05) is 13.0 Å². The van der Waals surface area contributed by atoms with Crippen LogP contribution >= 0.6 is 0 Å². The molecule has 0 aliphatic heterocycles. The van der Waals surface area contributed by atoms with E-state index < -0.39 is 0 Å². The maximum absolute atomic E-state index is 5.50. The third-order valence-corrected chi connectivity index (χ3v) is 1.68. The summed E-state index contributed by atoms with van der Waals surface area (Å²) in [6.07, 6.45) is 6.83. The van der Waals surface area contributed by atoms with Gasteiger partial charge in [-0.3, -0.25) is 0 Å². The van der Waals surface area contributed by atoms with Crippen molar-refractivity contribution in [2.45, 2.75) is 19.8 Å². The van der Waals surface area contributed by atoms with Crippen LogP contribution in [0, 0.1) is 19.3 Å². The fraction of sp³-hybridized carbons (Fsp3) is 0.400. The lowest BCUT2D eigenvalue weighted by atomic mass is 10.3. The first-order valence-corrected chi connectivity index (χ1v) is 4.51. The van der Waals surface area contributed by atoms with Gasteiger partial charge in [-0.2, -0.15) is 4.98 Å². The fourth-order valence-electron chi connectivity index (χ4n) is 1.09. The average Bonchev–Trinajstić information content (AvgIpc) is 2.11. The molecule has 0 unspecified atom stereocenters. The molecule has 0 bridgehead atoms. The SMILES string of the molecule is C#CCCCNc1cc(C)nc(N)n1. The van der Waals surface area contributed by atoms with E-state index in [0.29, 0.717) is 5.95 Å². The Balaban J connectivity index is 2.47. The van der Waals surface area contributed by atoms with Gasteiger partial charge in [0.25, 0.3) is 0 Å². The number of rotatable bonds is 4. The Morgan fingerprint density at radius 3 is 3.00 bits per heavy atom. The summed E-state index contributed by atoms with van der Waals surface area (Å²) in [7, 11) is 0. The first-order valence-electron chi connectivity index (χ1n) is 4.51. The van der Waals surface area contributed by atoms with E-state index >= 15 is 0 Å². The van der Waals surface area contributed by atoms with Gasteiger partial charge in [-0.15, -0.1) is 12.3 Å². The number of terminal acetylenes is 1. The molecule has 0 saturated carbocycles. The minimum absolute atomic E-state index is 0.296. The van der Waals surface area contributed by atoms with E-state index in [0.717, 1.165) is 30.9 Å². The van der Waals surface area contributed by atoms with Gasteiger partial charge >= 0.3 is 0 Å². The van der Waals surface area contributed by atoms with Crippen LogP contribution < -0.4 is 11.1 Å². The molecule has 0 aliphatic rings. The third kappa shape index (κ3) is 3.31. The number of nitrogens with two attached hydrogens (primary N) is 1. The minimum Gasteiger partial charge on any atom is -0.370 e. The van der Waals surface area contributed by atoms with Crippen LogP contribution in [-0.2, 0) is 0 Å². The normalized spacial score (nSPS) is 9.43. The molecule has 0 aliphatic carbocycles. The lowest BCUT2D eigenvalue weighted by Gasteiger charge is -2.05. The van der Waals surface area contributed by atoms with Gasteiger partial charge < -0.3 is 11.1 Å². The monoisotopic (exact) mass is 190 g/mol. The zero-order valence-electron chi connectivity index (χ0n) is 8.25. The first-order chi connectivity index (χ1) is 6.72. The van der Waals surface area contributed by atoms with E-state index in [-0.39, 0.29) is 0 Å². The van der Waals surface area contributed by atoms with Crippen LogP contribution in [0.2, 0.25) is 0 Å². The summed E-state index contributed by atoms with van der Waals surface area (Å²) in [5, 5.41) is 3.13. The molecule has 4 heteroatoms. The molecule has 0 amide bonds.